The zero-order valence-corrected chi connectivity index (χ0v) is 24.0. The van der Waals surface area contributed by atoms with E-state index in [1.165, 1.54) is 28.5 Å². The van der Waals surface area contributed by atoms with Gasteiger partial charge in [-0.3, -0.25) is 4.90 Å². The van der Waals surface area contributed by atoms with Crippen LogP contribution in [0, 0.1) is 11.9 Å². The van der Waals surface area contributed by atoms with Gasteiger partial charge in [0.25, 0.3) is 10.0 Å². The smallest absolute Gasteiger partial charge is 0.268 e. The van der Waals surface area contributed by atoms with Crippen molar-refractivity contribution in [2.75, 3.05) is 13.1 Å². The van der Waals surface area contributed by atoms with Gasteiger partial charge in [-0.15, -0.1) is 0 Å². The Hall–Kier alpha value is -3.99. The van der Waals surface area contributed by atoms with Crippen molar-refractivity contribution in [2.45, 2.75) is 43.8 Å². The molecule has 2 aromatic carbocycles. The van der Waals surface area contributed by atoms with Gasteiger partial charge in [0.1, 0.15) is 0 Å². The molecule has 1 N–H and O–H groups in total. The van der Waals surface area contributed by atoms with Gasteiger partial charge < -0.3 is 5.32 Å². The fourth-order valence-corrected chi connectivity index (χ4v) is 6.46. The van der Waals surface area contributed by atoms with Crippen LogP contribution in [-0.2, 0) is 29.7 Å². The third-order valence-corrected chi connectivity index (χ3v) is 8.79. The van der Waals surface area contributed by atoms with Gasteiger partial charge in [-0.1, -0.05) is 42.8 Å². The Bertz CT molecular complexity index is 1730. The normalized spacial score (nSPS) is 11.9. The van der Waals surface area contributed by atoms with Crippen molar-refractivity contribution < 1.29 is 17.2 Å². The van der Waals surface area contributed by atoms with Crippen LogP contribution < -0.4 is 5.32 Å². The van der Waals surface area contributed by atoms with Crippen molar-refractivity contribution >= 4 is 20.9 Å². The van der Waals surface area contributed by atoms with Crippen LogP contribution in [0.25, 0.3) is 10.9 Å². The molecule has 0 saturated heterocycles. The lowest BCUT2D eigenvalue weighted by Crippen LogP contribution is -2.24. The molecule has 0 aliphatic heterocycles. The van der Waals surface area contributed by atoms with Crippen LogP contribution in [0.3, 0.4) is 0 Å². The summed E-state index contributed by atoms with van der Waals surface area (Å²) in [5.74, 6) is -1.01. The van der Waals surface area contributed by atoms with E-state index in [4.69, 9.17) is 0 Å². The minimum Gasteiger partial charge on any atom is -0.313 e. The third-order valence-electron chi connectivity index (χ3n) is 7.10. The zero-order valence-electron chi connectivity index (χ0n) is 23.2. The summed E-state index contributed by atoms with van der Waals surface area (Å²) in [6.07, 6.45) is 7.44. The van der Waals surface area contributed by atoms with Gasteiger partial charge in [-0.05, 0) is 85.1 Å². The highest BCUT2D eigenvalue weighted by molar-refractivity contribution is 7.90. The Labute approximate surface area is 244 Å². The molecule has 10 heteroatoms. The zero-order chi connectivity index (χ0) is 29.4. The van der Waals surface area contributed by atoms with E-state index in [0.717, 1.165) is 54.4 Å². The number of benzene rings is 2. The van der Waals surface area contributed by atoms with Crippen LogP contribution in [-0.4, -0.2) is 40.3 Å². The number of nitrogens with one attached hydrogen (secondary N) is 1. The number of nitrogens with zero attached hydrogens (tertiary/aromatic N) is 4. The number of halogens is 2. The first-order valence-corrected chi connectivity index (χ1v) is 15.4. The van der Waals surface area contributed by atoms with Gasteiger partial charge in [0.05, 0.1) is 10.4 Å². The van der Waals surface area contributed by atoms with E-state index in [9.17, 15) is 17.2 Å². The Morgan fingerprint density at radius 1 is 0.786 bits per heavy atom. The second kappa shape index (κ2) is 13.8. The average molecular weight is 590 g/mol. The summed E-state index contributed by atoms with van der Waals surface area (Å²) in [6.45, 7) is 3.10. The molecule has 5 aromatic rings. The maximum absolute atomic E-state index is 13.9. The second-order valence-electron chi connectivity index (χ2n) is 10.2. The lowest BCUT2D eigenvalue weighted by atomic mass is 10.1. The molecule has 0 amide bonds. The van der Waals surface area contributed by atoms with Crippen LogP contribution in [0.5, 0.6) is 0 Å². The lowest BCUT2D eigenvalue weighted by Gasteiger charge is -2.22. The summed E-state index contributed by atoms with van der Waals surface area (Å²) in [5.41, 5.74) is 3.15. The molecule has 3 heterocycles. The predicted octanol–water partition coefficient (Wildman–Crippen LogP) is 5.91. The van der Waals surface area contributed by atoms with Gasteiger partial charge in [0.15, 0.2) is 0 Å². The Kier molecular flexibility index (Phi) is 9.68. The highest BCUT2D eigenvalue weighted by Crippen LogP contribution is 2.27. The third kappa shape index (κ3) is 7.44. The molecule has 5 rings (SSSR count). The first-order valence-electron chi connectivity index (χ1n) is 13.9. The van der Waals surface area contributed by atoms with Gasteiger partial charge in [0.2, 0.25) is 11.9 Å². The Balaban J connectivity index is 1.28. The van der Waals surface area contributed by atoms with E-state index in [1.807, 2.05) is 24.3 Å². The van der Waals surface area contributed by atoms with E-state index in [0.29, 0.717) is 25.2 Å². The molecule has 0 radical (unpaired) electrons. The predicted molar refractivity (Wildman–Crippen MR) is 159 cm³/mol. The summed E-state index contributed by atoms with van der Waals surface area (Å²) in [6, 6.07) is 22.3. The number of rotatable bonds is 14. The van der Waals surface area contributed by atoms with Crippen LogP contribution in [0.2, 0.25) is 0 Å². The summed E-state index contributed by atoms with van der Waals surface area (Å²) in [5, 5.41) is 4.20. The summed E-state index contributed by atoms with van der Waals surface area (Å²) >= 11 is 0. The molecule has 0 aliphatic rings. The maximum atomic E-state index is 13.9. The van der Waals surface area contributed by atoms with Crippen molar-refractivity contribution in [1.29, 1.82) is 0 Å². The highest BCUT2D eigenvalue weighted by atomic mass is 32.2. The van der Waals surface area contributed by atoms with Gasteiger partial charge >= 0.3 is 0 Å². The van der Waals surface area contributed by atoms with E-state index in [2.05, 4.69) is 20.2 Å². The van der Waals surface area contributed by atoms with Crippen LogP contribution in [0.15, 0.2) is 102 Å². The number of hydrogen-bond donors (Lipinski definition) is 1. The fraction of sp³-hybridized carbons (Fsp3) is 0.250. The van der Waals surface area contributed by atoms with Crippen molar-refractivity contribution in [3.8, 4) is 0 Å². The van der Waals surface area contributed by atoms with Crippen molar-refractivity contribution in [3.63, 3.8) is 0 Å². The molecule has 0 atom stereocenters. The average Bonchev–Trinajstić information content (AvgIpc) is 3.36. The SMILES string of the molecule is O=S(=O)(c1ccccc1)n1cc(CN(CCCCCNCc2ccnc(F)c2)Cc2ccnc(F)c2)c2ccccc21. The number of unbranched alkanes of at least 4 members (excludes halogenated alkanes) is 2. The molecule has 42 heavy (non-hydrogen) atoms. The summed E-state index contributed by atoms with van der Waals surface area (Å²) in [4.78, 5) is 9.69. The van der Waals surface area contributed by atoms with E-state index < -0.39 is 21.9 Å². The first-order chi connectivity index (χ1) is 20.4. The molecule has 7 nitrogen and oxygen atoms in total. The van der Waals surface area contributed by atoms with Crippen LogP contribution >= 0.6 is 0 Å². The van der Waals surface area contributed by atoms with Gasteiger partial charge in [0, 0.05) is 43.6 Å². The first kappa shape index (κ1) is 29.5. The Morgan fingerprint density at radius 3 is 2.24 bits per heavy atom. The molecule has 0 bridgehead atoms. The van der Waals surface area contributed by atoms with Crippen LogP contribution in [0.1, 0.15) is 36.0 Å². The second-order valence-corrected chi connectivity index (χ2v) is 12.0. The maximum Gasteiger partial charge on any atom is 0.268 e. The van der Waals surface area contributed by atoms with Gasteiger partial charge in [-0.2, -0.15) is 8.78 Å². The van der Waals surface area contributed by atoms with Crippen molar-refractivity contribution in [2.24, 2.45) is 0 Å². The minimum absolute atomic E-state index is 0.226. The number of aromatic nitrogens is 3. The molecular weight excluding hydrogens is 556 g/mol. The molecule has 0 aliphatic carbocycles. The van der Waals surface area contributed by atoms with Gasteiger partial charge in [-0.25, -0.2) is 22.4 Å². The molecule has 0 spiro atoms. The molecular formula is C32H33F2N5O2S. The van der Waals surface area contributed by atoms with Crippen molar-refractivity contribution in [3.05, 3.63) is 126 Å². The molecule has 3 aromatic heterocycles. The fourth-order valence-electron chi connectivity index (χ4n) is 5.05. The molecule has 0 saturated carbocycles. The number of para-hydroxylation sites is 1. The molecule has 0 unspecified atom stereocenters. The van der Waals surface area contributed by atoms with Crippen LogP contribution in [0.4, 0.5) is 8.78 Å². The number of hydrogen-bond acceptors (Lipinski definition) is 6. The van der Waals surface area contributed by atoms with E-state index >= 15 is 0 Å². The number of fused-ring (bicyclic) bond motifs is 1. The van der Waals surface area contributed by atoms with E-state index in [-0.39, 0.29) is 4.90 Å². The molecule has 0 fully saturated rings. The summed E-state index contributed by atoms with van der Waals surface area (Å²) in [7, 11) is -3.79. The Morgan fingerprint density at radius 2 is 1.48 bits per heavy atom. The van der Waals surface area contributed by atoms with E-state index in [1.54, 1.807) is 48.7 Å². The molecule has 218 valence electrons. The standard InChI is InChI=1S/C32H33F2N5O2S/c33-31-19-25(13-16-36-31)21-35-15-7-2-8-18-38(22-26-14-17-37-32(34)20-26)23-27-24-39(30-12-6-5-11-29(27)30)42(40,41)28-9-3-1-4-10-28/h1,3-6,9-14,16-17,19-20,24,35H,2,7-8,15,18,21-23H2. The van der Waals surface area contributed by atoms with Crippen molar-refractivity contribution in [1.82, 2.24) is 24.2 Å². The largest absolute Gasteiger partial charge is 0.313 e. The number of pyridine rings is 2. The minimum atomic E-state index is -3.79. The topological polar surface area (TPSA) is 80.1 Å². The lowest BCUT2D eigenvalue weighted by molar-refractivity contribution is 0.250. The quantitative estimate of drug-likeness (QED) is 0.128. The summed E-state index contributed by atoms with van der Waals surface area (Å²) < 4.78 is 55.6. The monoisotopic (exact) mass is 589 g/mol. The highest BCUT2D eigenvalue weighted by Gasteiger charge is 2.22.